The predicted octanol–water partition coefficient (Wildman–Crippen LogP) is 4.88. The lowest BCUT2D eigenvalue weighted by Crippen LogP contribution is -2.23. The summed E-state index contributed by atoms with van der Waals surface area (Å²) in [5.41, 5.74) is 3.34. The molecule has 6 heteroatoms. The number of carbonyl (C=O) groups excluding carboxylic acids is 1. The number of nitrogens with one attached hydrogen (secondary N) is 1. The fourth-order valence-electron chi connectivity index (χ4n) is 3.21. The van der Waals surface area contributed by atoms with Gasteiger partial charge >= 0.3 is 0 Å². The molecule has 1 heterocycles. The molecule has 1 aromatic heterocycles. The molecule has 0 spiro atoms. The first-order valence-electron chi connectivity index (χ1n) is 9.82. The van der Waals surface area contributed by atoms with Gasteiger partial charge in [0.25, 0.3) is 5.91 Å². The maximum absolute atomic E-state index is 12.9. The second-order valence-electron chi connectivity index (χ2n) is 6.91. The fourth-order valence-corrected chi connectivity index (χ4v) is 4.23. The highest BCUT2D eigenvalue weighted by Gasteiger charge is 2.13. The van der Waals surface area contributed by atoms with Crippen LogP contribution in [-0.2, 0) is 13.1 Å². The smallest absolute Gasteiger partial charge is 0.252 e. The Morgan fingerprint density at radius 2 is 1.74 bits per heavy atom. The molecular formula is C25H20N4OS. The summed E-state index contributed by atoms with van der Waals surface area (Å²) in [7, 11) is 0. The second-order valence-corrected chi connectivity index (χ2v) is 8.00. The van der Waals surface area contributed by atoms with Gasteiger partial charge in [0.2, 0.25) is 0 Å². The van der Waals surface area contributed by atoms with Crippen molar-refractivity contribution in [3.05, 3.63) is 114 Å². The van der Waals surface area contributed by atoms with Gasteiger partial charge in [0.05, 0.1) is 17.7 Å². The van der Waals surface area contributed by atoms with Crippen LogP contribution in [0.1, 0.15) is 27.0 Å². The molecule has 0 unspecified atom stereocenters. The molecule has 0 saturated heterocycles. The van der Waals surface area contributed by atoms with Gasteiger partial charge in [-0.15, -0.1) is 0 Å². The van der Waals surface area contributed by atoms with Crippen LogP contribution in [0.25, 0.3) is 0 Å². The summed E-state index contributed by atoms with van der Waals surface area (Å²) < 4.78 is 1.87. The molecule has 31 heavy (non-hydrogen) atoms. The van der Waals surface area contributed by atoms with Crippen molar-refractivity contribution in [3.63, 3.8) is 0 Å². The van der Waals surface area contributed by atoms with E-state index in [2.05, 4.69) is 22.6 Å². The maximum Gasteiger partial charge on any atom is 0.252 e. The molecule has 0 fully saturated rings. The van der Waals surface area contributed by atoms with Crippen molar-refractivity contribution in [1.29, 1.82) is 5.26 Å². The summed E-state index contributed by atoms with van der Waals surface area (Å²) in [6.07, 6.45) is 3.68. The zero-order valence-corrected chi connectivity index (χ0v) is 17.5. The van der Waals surface area contributed by atoms with E-state index in [0.717, 1.165) is 20.9 Å². The Morgan fingerprint density at radius 3 is 2.55 bits per heavy atom. The summed E-state index contributed by atoms with van der Waals surface area (Å²) in [5.74, 6) is -0.144. The Hall–Kier alpha value is -3.82. The zero-order valence-electron chi connectivity index (χ0n) is 16.7. The Bertz CT molecular complexity index is 1230. The summed E-state index contributed by atoms with van der Waals surface area (Å²) in [6.45, 7) is 1.12. The van der Waals surface area contributed by atoms with Crippen LogP contribution in [0, 0.1) is 11.3 Å². The van der Waals surface area contributed by atoms with Crippen LogP contribution >= 0.6 is 11.8 Å². The minimum absolute atomic E-state index is 0.144. The largest absolute Gasteiger partial charge is 0.348 e. The van der Waals surface area contributed by atoms with Gasteiger partial charge in [0.15, 0.2) is 0 Å². The molecule has 0 saturated carbocycles. The predicted molar refractivity (Wildman–Crippen MR) is 121 cm³/mol. The minimum atomic E-state index is -0.144. The van der Waals surface area contributed by atoms with Crippen molar-refractivity contribution >= 4 is 17.7 Å². The van der Waals surface area contributed by atoms with Crippen LogP contribution in [0.4, 0.5) is 0 Å². The molecule has 0 radical (unpaired) electrons. The first kappa shape index (κ1) is 20.5. The van der Waals surface area contributed by atoms with E-state index in [1.807, 2.05) is 71.5 Å². The number of aromatic nitrogens is 2. The van der Waals surface area contributed by atoms with Gasteiger partial charge in [-0.25, -0.2) is 0 Å². The van der Waals surface area contributed by atoms with E-state index in [-0.39, 0.29) is 5.91 Å². The number of carbonyl (C=O) groups is 1. The van der Waals surface area contributed by atoms with E-state index in [1.165, 1.54) is 11.8 Å². The van der Waals surface area contributed by atoms with Crippen LogP contribution < -0.4 is 5.32 Å². The van der Waals surface area contributed by atoms with Crippen LogP contribution in [0.15, 0.2) is 101 Å². The van der Waals surface area contributed by atoms with E-state index in [4.69, 9.17) is 0 Å². The summed E-state index contributed by atoms with van der Waals surface area (Å²) in [5, 5.41) is 16.6. The molecule has 3 aromatic carbocycles. The highest BCUT2D eigenvalue weighted by molar-refractivity contribution is 7.99. The Balaban J connectivity index is 1.46. The molecule has 5 nitrogen and oxygen atoms in total. The molecule has 4 rings (SSSR count). The van der Waals surface area contributed by atoms with Crippen molar-refractivity contribution in [3.8, 4) is 6.07 Å². The van der Waals surface area contributed by atoms with E-state index in [1.54, 1.807) is 18.3 Å². The van der Waals surface area contributed by atoms with Gasteiger partial charge in [-0.2, -0.15) is 10.4 Å². The third-order valence-electron chi connectivity index (χ3n) is 4.71. The van der Waals surface area contributed by atoms with Crippen molar-refractivity contribution in [2.75, 3.05) is 0 Å². The summed E-state index contributed by atoms with van der Waals surface area (Å²) in [6, 6.07) is 27.1. The average molecular weight is 425 g/mol. The lowest BCUT2D eigenvalue weighted by molar-refractivity contribution is 0.0948. The lowest BCUT2D eigenvalue weighted by Gasteiger charge is -2.11. The quantitative estimate of drug-likeness (QED) is 0.459. The number of hydrogen-bond acceptors (Lipinski definition) is 4. The second kappa shape index (κ2) is 9.79. The highest BCUT2D eigenvalue weighted by atomic mass is 32.2. The molecule has 0 aliphatic rings. The SMILES string of the molecule is N#Cc1ccccc1Sc1ccccc1C(=O)NCc1cccc(Cn2cccn2)c1. The molecule has 0 aliphatic carbocycles. The number of hydrogen-bond donors (Lipinski definition) is 1. The molecule has 152 valence electrons. The molecule has 0 atom stereocenters. The van der Waals surface area contributed by atoms with Gasteiger partial charge in [-0.3, -0.25) is 9.48 Å². The first-order valence-corrected chi connectivity index (χ1v) is 10.6. The molecule has 4 aromatic rings. The molecule has 0 aliphatic heterocycles. The number of rotatable bonds is 7. The summed E-state index contributed by atoms with van der Waals surface area (Å²) >= 11 is 1.43. The zero-order chi connectivity index (χ0) is 21.5. The average Bonchev–Trinajstić information content (AvgIpc) is 3.31. The van der Waals surface area contributed by atoms with E-state index in [0.29, 0.717) is 24.2 Å². The van der Waals surface area contributed by atoms with Crippen LogP contribution in [-0.4, -0.2) is 15.7 Å². The van der Waals surface area contributed by atoms with Crippen molar-refractivity contribution in [2.24, 2.45) is 0 Å². The Kier molecular flexibility index (Phi) is 6.46. The van der Waals surface area contributed by atoms with Gasteiger partial charge in [-0.05, 0) is 41.5 Å². The lowest BCUT2D eigenvalue weighted by atomic mass is 10.1. The maximum atomic E-state index is 12.9. The van der Waals surface area contributed by atoms with Gasteiger partial charge in [0, 0.05) is 28.7 Å². The van der Waals surface area contributed by atoms with Crippen LogP contribution in [0.3, 0.4) is 0 Å². The third kappa shape index (κ3) is 5.21. The first-order chi connectivity index (χ1) is 15.2. The third-order valence-corrected chi connectivity index (χ3v) is 5.86. The van der Waals surface area contributed by atoms with Crippen LogP contribution in [0.5, 0.6) is 0 Å². The molecular weight excluding hydrogens is 404 g/mol. The monoisotopic (exact) mass is 424 g/mol. The Labute approximate surface area is 185 Å². The number of nitrogens with zero attached hydrogens (tertiary/aromatic N) is 3. The topological polar surface area (TPSA) is 70.7 Å². The minimum Gasteiger partial charge on any atom is -0.348 e. The number of benzene rings is 3. The number of amides is 1. The van der Waals surface area contributed by atoms with Gasteiger partial charge < -0.3 is 5.32 Å². The normalized spacial score (nSPS) is 10.4. The van der Waals surface area contributed by atoms with Crippen molar-refractivity contribution in [2.45, 2.75) is 22.9 Å². The van der Waals surface area contributed by atoms with E-state index >= 15 is 0 Å². The van der Waals surface area contributed by atoms with Gasteiger partial charge in [-0.1, -0.05) is 60.3 Å². The van der Waals surface area contributed by atoms with Crippen molar-refractivity contribution < 1.29 is 4.79 Å². The molecule has 1 amide bonds. The summed E-state index contributed by atoms with van der Waals surface area (Å²) in [4.78, 5) is 14.6. The van der Waals surface area contributed by atoms with Crippen molar-refractivity contribution in [1.82, 2.24) is 15.1 Å². The molecule has 1 N–H and O–H groups in total. The molecule has 0 bridgehead atoms. The standard InChI is InChI=1S/C25H20N4OS/c26-16-21-9-1-3-11-23(21)31-24-12-4-2-10-22(24)25(30)27-17-19-7-5-8-20(15-19)18-29-14-6-13-28-29/h1-15H,17-18H2,(H,27,30). The Morgan fingerprint density at radius 1 is 0.968 bits per heavy atom. The fraction of sp³-hybridized carbons (Fsp3) is 0.0800. The van der Waals surface area contributed by atoms with Crippen LogP contribution in [0.2, 0.25) is 0 Å². The highest BCUT2D eigenvalue weighted by Crippen LogP contribution is 2.32. The number of nitriles is 1. The van der Waals surface area contributed by atoms with E-state index < -0.39 is 0 Å². The van der Waals surface area contributed by atoms with Gasteiger partial charge in [0.1, 0.15) is 6.07 Å². The van der Waals surface area contributed by atoms with E-state index in [9.17, 15) is 10.1 Å².